The minimum Gasteiger partial charge on any atom is -0.495 e. The zero-order valence-corrected chi connectivity index (χ0v) is 12.6. The molecular weight excluding hydrogens is 340 g/mol. The Kier molecular flexibility index (Phi) is 7.42. The van der Waals surface area contributed by atoms with E-state index in [1.54, 1.807) is 6.07 Å². The van der Waals surface area contributed by atoms with Crippen LogP contribution in [0, 0.1) is 0 Å². The monoisotopic (exact) mass is 352 g/mol. The number of methoxy groups -OCH3 is 1. The van der Waals surface area contributed by atoms with Crippen LogP contribution < -0.4 is 4.74 Å². The van der Waals surface area contributed by atoms with Crippen molar-refractivity contribution in [1.29, 1.82) is 0 Å². The van der Waals surface area contributed by atoms with E-state index in [-0.39, 0.29) is 5.56 Å². The first-order valence-electron chi connectivity index (χ1n) is 4.74. The molecule has 0 aliphatic rings. The summed E-state index contributed by atoms with van der Waals surface area (Å²) in [5, 5.41) is 8.82. The molecule has 1 rings (SSSR count). The number of hydrogen-bond donors (Lipinski definition) is 1. The Labute approximate surface area is 112 Å². The maximum atomic E-state index is 10.8. The molecule has 0 bridgehead atoms. The van der Waals surface area contributed by atoms with Gasteiger partial charge in [0.15, 0.2) is 0 Å². The van der Waals surface area contributed by atoms with Crippen molar-refractivity contribution in [1.82, 2.24) is 0 Å². The third kappa shape index (κ3) is 4.53. The molecule has 0 amide bonds. The molecule has 0 heterocycles. The number of halogens is 2. The van der Waals surface area contributed by atoms with Gasteiger partial charge < -0.3 is 9.84 Å². The van der Waals surface area contributed by atoms with E-state index < -0.39 is 5.97 Å². The van der Waals surface area contributed by atoms with Crippen molar-refractivity contribution in [2.24, 2.45) is 0 Å². The van der Waals surface area contributed by atoms with Crippen LogP contribution in [-0.4, -0.2) is 18.2 Å². The SMILES string of the molecule is CCC.COc1c(Br)cc(Br)cc1C(=O)O. The van der Waals surface area contributed by atoms with Gasteiger partial charge in [-0.3, -0.25) is 0 Å². The summed E-state index contributed by atoms with van der Waals surface area (Å²) in [4.78, 5) is 10.8. The predicted octanol–water partition coefficient (Wildman–Crippen LogP) is 4.33. The number of carboxylic acid groups (broad SMARTS) is 1. The molecule has 0 unspecified atom stereocenters. The molecule has 16 heavy (non-hydrogen) atoms. The molecule has 0 aromatic heterocycles. The Morgan fingerprint density at radius 3 is 2.25 bits per heavy atom. The van der Waals surface area contributed by atoms with Crippen molar-refractivity contribution < 1.29 is 14.6 Å². The lowest BCUT2D eigenvalue weighted by Crippen LogP contribution is -2.01. The van der Waals surface area contributed by atoms with Crippen molar-refractivity contribution in [2.45, 2.75) is 20.3 Å². The van der Waals surface area contributed by atoms with Crippen LogP contribution in [0.5, 0.6) is 5.75 Å². The van der Waals surface area contributed by atoms with Crippen molar-refractivity contribution in [3.63, 3.8) is 0 Å². The first-order valence-corrected chi connectivity index (χ1v) is 6.32. The van der Waals surface area contributed by atoms with Gasteiger partial charge in [0.25, 0.3) is 0 Å². The Balaban J connectivity index is 0.000000673. The summed E-state index contributed by atoms with van der Waals surface area (Å²) in [6.07, 6.45) is 1.25. The summed E-state index contributed by atoms with van der Waals surface area (Å²) in [6.45, 7) is 4.25. The average Bonchev–Trinajstić information content (AvgIpc) is 2.17. The van der Waals surface area contributed by atoms with E-state index in [4.69, 9.17) is 9.84 Å². The van der Waals surface area contributed by atoms with Crippen LogP contribution in [0.15, 0.2) is 21.1 Å². The third-order valence-electron chi connectivity index (χ3n) is 1.44. The highest BCUT2D eigenvalue weighted by molar-refractivity contribution is 9.11. The zero-order chi connectivity index (χ0) is 12.7. The highest BCUT2D eigenvalue weighted by atomic mass is 79.9. The summed E-state index contributed by atoms with van der Waals surface area (Å²) in [7, 11) is 1.43. The number of carbonyl (C=O) groups is 1. The van der Waals surface area contributed by atoms with E-state index in [0.717, 1.165) is 0 Å². The molecule has 0 fully saturated rings. The highest BCUT2D eigenvalue weighted by Gasteiger charge is 2.14. The Hall–Kier alpha value is -0.550. The van der Waals surface area contributed by atoms with Gasteiger partial charge in [0, 0.05) is 4.47 Å². The first-order chi connectivity index (χ1) is 7.47. The van der Waals surface area contributed by atoms with Crippen molar-refractivity contribution in [3.8, 4) is 5.75 Å². The van der Waals surface area contributed by atoms with E-state index in [2.05, 4.69) is 45.7 Å². The molecule has 1 aromatic rings. The molecule has 3 nitrogen and oxygen atoms in total. The lowest BCUT2D eigenvalue weighted by Gasteiger charge is -2.07. The standard InChI is InChI=1S/C8H6Br2O3.C3H8/c1-13-7-5(8(11)12)2-4(9)3-6(7)10;1-3-2/h2-3H,1H3,(H,11,12);3H2,1-2H3. The van der Waals surface area contributed by atoms with Crippen LogP contribution >= 0.6 is 31.9 Å². The Morgan fingerprint density at radius 1 is 1.38 bits per heavy atom. The summed E-state index contributed by atoms with van der Waals surface area (Å²) in [6, 6.07) is 3.22. The normalized spacial score (nSPS) is 9.06. The largest absolute Gasteiger partial charge is 0.495 e. The Bertz CT molecular complexity index is 364. The summed E-state index contributed by atoms with van der Waals surface area (Å²) in [5.41, 5.74) is 0.128. The molecule has 0 saturated heterocycles. The molecule has 0 atom stereocenters. The van der Waals surface area contributed by atoms with Gasteiger partial charge >= 0.3 is 5.97 Å². The van der Waals surface area contributed by atoms with Crippen molar-refractivity contribution in [2.75, 3.05) is 7.11 Å². The number of hydrogen-bond acceptors (Lipinski definition) is 2. The topological polar surface area (TPSA) is 46.5 Å². The van der Waals surface area contributed by atoms with Crippen LogP contribution in [0.25, 0.3) is 0 Å². The number of ether oxygens (including phenoxy) is 1. The van der Waals surface area contributed by atoms with E-state index in [9.17, 15) is 4.79 Å². The zero-order valence-electron chi connectivity index (χ0n) is 9.38. The summed E-state index contributed by atoms with van der Waals surface area (Å²) >= 11 is 6.40. The lowest BCUT2D eigenvalue weighted by molar-refractivity contribution is 0.0693. The second-order valence-electron chi connectivity index (χ2n) is 2.98. The minimum atomic E-state index is -1.01. The summed E-state index contributed by atoms with van der Waals surface area (Å²) in [5.74, 6) is -0.686. The number of carboxylic acids is 1. The predicted molar refractivity (Wildman–Crippen MR) is 71.3 cm³/mol. The molecule has 0 radical (unpaired) electrons. The Morgan fingerprint density at radius 2 is 1.88 bits per heavy atom. The van der Waals surface area contributed by atoms with E-state index >= 15 is 0 Å². The van der Waals surface area contributed by atoms with Gasteiger partial charge in [0.1, 0.15) is 11.3 Å². The van der Waals surface area contributed by atoms with Crippen LogP contribution in [-0.2, 0) is 0 Å². The fourth-order valence-electron chi connectivity index (χ4n) is 0.927. The van der Waals surface area contributed by atoms with Gasteiger partial charge in [-0.25, -0.2) is 4.79 Å². The second kappa shape index (κ2) is 7.68. The molecule has 0 aliphatic heterocycles. The molecule has 90 valence electrons. The van der Waals surface area contributed by atoms with Gasteiger partial charge in [-0.15, -0.1) is 0 Å². The van der Waals surface area contributed by atoms with Crippen LogP contribution in [0.1, 0.15) is 30.6 Å². The van der Waals surface area contributed by atoms with Gasteiger partial charge in [-0.2, -0.15) is 0 Å². The molecule has 0 saturated carbocycles. The molecule has 5 heteroatoms. The van der Waals surface area contributed by atoms with Crippen molar-refractivity contribution in [3.05, 3.63) is 26.6 Å². The maximum Gasteiger partial charge on any atom is 0.339 e. The van der Waals surface area contributed by atoms with Gasteiger partial charge in [0.2, 0.25) is 0 Å². The maximum absolute atomic E-state index is 10.8. The van der Waals surface area contributed by atoms with Gasteiger partial charge in [-0.1, -0.05) is 36.2 Å². The molecular formula is C11H14Br2O3. The molecule has 1 N–H and O–H groups in total. The van der Waals surface area contributed by atoms with Gasteiger partial charge in [-0.05, 0) is 28.1 Å². The number of rotatable bonds is 2. The van der Waals surface area contributed by atoms with E-state index in [1.165, 1.54) is 19.6 Å². The molecule has 0 aliphatic carbocycles. The third-order valence-corrected chi connectivity index (χ3v) is 2.49. The quantitative estimate of drug-likeness (QED) is 0.860. The first kappa shape index (κ1) is 15.4. The minimum absolute atomic E-state index is 0.128. The lowest BCUT2D eigenvalue weighted by atomic mass is 10.2. The van der Waals surface area contributed by atoms with Gasteiger partial charge in [0.05, 0.1) is 11.6 Å². The fraction of sp³-hybridized carbons (Fsp3) is 0.364. The highest BCUT2D eigenvalue weighted by Crippen LogP contribution is 2.32. The van der Waals surface area contributed by atoms with Crippen LogP contribution in [0.2, 0.25) is 0 Å². The van der Waals surface area contributed by atoms with Crippen molar-refractivity contribution >= 4 is 37.8 Å². The second-order valence-corrected chi connectivity index (χ2v) is 4.75. The smallest absolute Gasteiger partial charge is 0.339 e. The fourth-order valence-corrected chi connectivity index (χ4v) is 2.31. The average molecular weight is 354 g/mol. The van der Waals surface area contributed by atoms with Crippen LogP contribution in [0.4, 0.5) is 0 Å². The number of aromatic carboxylic acids is 1. The van der Waals surface area contributed by atoms with Crippen LogP contribution in [0.3, 0.4) is 0 Å². The molecule has 1 aromatic carbocycles. The number of benzene rings is 1. The summed E-state index contributed by atoms with van der Waals surface area (Å²) < 4.78 is 6.25. The molecule has 0 spiro atoms. The van der Waals surface area contributed by atoms with E-state index in [0.29, 0.717) is 14.7 Å². The van der Waals surface area contributed by atoms with E-state index in [1.807, 2.05) is 0 Å².